The molecule has 2 aromatic heterocycles. The van der Waals surface area contributed by atoms with E-state index in [1.165, 1.54) is 11.6 Å². The van der Waals surface area contributed by atoms with Crippen molar-refractivity contribution in [1.82, 2.24) is 30.5 Å². The largest absolute Gasteiger partial charge is 0.496 e. The smallest absolute Gasteiger partial charge is 0.223 e. The zero-order valence-corrected chi connectivity index (χ0v) is 22.1. The van der Waals surface area contributed by atoms with E-state index in [1.54, 1.807) is 19.2 Å². The van der Waals surface area contributed by atoms with Crippen LogP contribution in [0.5, 0.6) is 5.75 Å². The number of hydrazine groups is 1. The number of methoxy groups -OCH3 is 1. The number of carbonyl (C=O) groups excluding carboxylic acids is 1. The molecule has 4 heterocycles. The van der Waals surface area contributed by atoms with Gasteiger partial charge in [-0.1, -0.05) is 19.1 Å². The van der Waals surface area contributed by atoms with Crippen molar-refractivity contribution in [3.63, 3.8) is 0 Å². The molecule has 6 rings (SSSR count). The number of carbonyl (C=O) groups is 1. The summed E-state index contributed by atoms with van der Waals surface area (Å²) in [5, 5.41) is 3.37. The molecule has 0 spiro atoms. The number of likely N-dealkylation sites (tertiary alicyclic amines) is 1. The van der Waals surface area contributed by atoms with Crippen LogP contribution in [0.4, 0.5) is 4.39 Å². The van der Waals surface area contributed by atoms with Crippen LogP contribution in [0.1, 0.15) is 49.8 Å². The number of hydrogen-bond acceptors (Lipinski definition) is 6. The highest BCUT2D eigenvalue weighted by molar-refractivity contribution is 5.79. The van der Waals surface area contributed by atoms with Gasteiger partial charge in [0.25, 0.3) is 0 Å². The van der Waals surface area contributed by atoms with Crippen molar-refractivity contribution in [2.24, 2.45) is 17.8 Å². The molecule has 2 saturated heterocycles. The van der Waals surface area contributed by atoms with Gasteiger partial charge in [0.15, 0.2) is 0 Å². The molecule has 0 radical (unpaired) electrons. The molecule has 3 aliphatic rings. The Morgan fingerprint density at radius 2 is 2.08 bits per heavy atom. The molecule has 202 valence electrons. The Kier molecular flexibility index (Phi) is 7.07. The van der Waals surface area contributed by atoms with E-state index in [-0.39, 0.29) is 29.7 Å². The van der Waals surface area contributed by atoms with Crippen molar-refractivity contribution in [2.75, 3.05) is 20.2 Å². The third-order valence-electron chi connectivity index (χ3n) is 8.65. The molecular weight excluding hydrogens is 483 g/mol. The number of pyridine rings is 1. The second-order valence-corrected chi connectivity index (χ2v) is 11.4. The lowest BCUT2D eigenvalue weighted by molar-refractivity contribution is -0.127. The van der Waals surface area contributed by atoms with Crippen molar-refractivity contribution < 1.29 is 13.9 Å². The van der Waals surface area contributed by atoms with E-state index in [9.17, 15) is 9.18 Å². The van der Waals surface area contributed by atoms with Gasteiger partial charge < -0.3 is 14.5 Å². The topological polar surface area (TPSA) is 82.9 Å². The van der Waals surface area contributed by atoms with Crippen LogP contribution >= 0.6 is 0 Å². The Morgan fingerprint density at radius 1 is 1.18 bits per heavy atom. The Balaban J connectivity index is 1.10. The third-order valence-corrected chi connectivity index (χ3v) is 8.65. The Bertz CT molecular complexity index is 1300. The summed E-state index contributed by atoms with van der Waals surface area (Å²) in [6.45, 7) is 4.26. The number of ether oxygens (including phenoxy) is 1. The Morgan fingerprint density at radius 3 is 2.95 bits per heavy atom. The van der Waals surface area contributed by atoms with Gasteiger partial charge in [-0.15, -0.1) is 0 Å². The maximum atomic E-state index is 14.6. The Labute approximate surface area is 222 Å². The molecule has 1 aromatic carbocycles. The van der Waals surface area contributed by atoms with E-state index >= 15 is 0 Å². The quantitative estimate of drug-likeness (QED) is 0.462. The van der Waals surface area contributed by atoms with Gasteiger partial charge in [0.2, 0.25) is 5.91 Å². The molecule has 3 aromatic rings. The maximum Gasteiger partial charge on any atom is 0.223 e. The summed E-state index contributed by atoms with van der Waals surface area (Å²) in [6.07, 6.45) is 9.55. The highest BCUT2D eigenvalue weighted by Gasteiger charge is 2.43. The van der Waals surface area contributed by atoms with Crippen LogP contribution < -0.4 is 20.9 Å². The molecule has 9 heteroatoms. The molecule has 1 saturated carbocycles. The fourth-order valence-electron chi connectivity index (χ4n) is 6.87. The number of halogens is 1. The predicted octanol–water partition coefficient (Wildman–Crippen LogP) is 3.44. The van der Waals surface area contributed by atoms with Gasteiger partial charge >= 0.3 is 0 Å². The van der Waals surface area contributed by atoms with Gasteiger partial charge in [-0.25, -0.2) is 14.8 Å². The second-order valence-electron chi connectivity index (χ2n) is 11.4. The van der Waals surface area contributed by atoms with Crippen molar-refractivity contribution in [1.29, 1.82) is 0 Å². The van der Waals surface area contributed by atoms with E-state index in [0.717, 1.165) is 37.9 Å². The number of hydrogen-bond donors (Lipinski definition) is 3. The molecule has 0 bridgehead atoms. The number of imidazole rings is 1. The number of nitrogens with zero attached hydrogens (tertiary/aromatic N) is 3. The van der Waals surface area contributed by atoms with E-state index in [2.05, 4.69) is 45.2 Å². The average Bonchev–Trinajstić information content (AvgIpc) is 3.55. The number of piperidine rings is 1. The zero-order valence-electron chi connectivity index (χ0n) is 22.1. The van der Waals surface area contributed by atoms with Crippen LogP contribution in [0.25, 0.3) is 5.65 Å². The lowest BCUT2D eigenvalue weighted by Gasteiger charge is -2.38. The van der Waals surface area contributed by atoms with E-state index < -0.39 is 0 Å². The summed E-state index contributed by atoms with van der Waals surface area (Å²) in [4.78, 5) is 20.1. The van der Waals surface area contributed by atoms with Crippen molar-refractivity contribution in [2.45, 2.75) is 57.3 Å². The van der Waals surface area contributed by atoms with Gasteiger partial charge in [-0.2, -0.15) is 0 Å². The molecule has 1 amide bonds. The molecule has 3 fully saturated rings. The summed E-state index contributed by atoms with van der Waals surface area (Å²) in [7, 11) is 1.57. The predicted molar refractivity (Wildman–Crippen MR) is 143 cm³/mol. The van der Waals surface area contributed by atoms with Crippen LogP contribution in [-0.2, 0) is 11.3 Å². The highest BCUT2D eigenvalue weighted by atomic mass is 19.1. The summed E-state index contributed by atoms with van der Waals surface area (Å²) < 4.78 is 22.0. The van der Waals surface area contributed by atoms with Crippen LogP contribution in [0.15, 0.2) is 48.9 Å². The highest BCUT2D eigenvalue weighted by Crippen LogP contribution is 2.40. The van der Waals surface area contributed by atoms with Gasteiger partial charge in [-0.3, -0.25) is 15.1 Å². The minimum Gasteiger partial charge on any atom is -0.496 e. The molecule has 3 N–H and O–H groups in total. The van der Waals surface area contributed by atoms with Crippen LogP contribution in [-0.4, -0.2) is 52.5 Å². The van der Waals surface area contributed by atoms with Crippen molar-refractivity contribution >= 4 is 11.6 Å². The third kappa shape index (κ3) is 5.02. The first-order valence-electron chi connectivity index (χ1n) is 13.8. The van der Waals surface area contributed by atoms with Crippen LogP contribution in [0.3, 0.4) is 0 Å². The van der Waals surface area contributed by atoms with Gasteiger partial charge in [0, 0.05) is 61.8 Å². The first-order valence-corrected chi connectivity index (χ1v) is 13.8. The molecule has 4 unspecified atom stereocenters. The molecule has 38 heavy (non-hydrogen) atoms. The van der Waals surface area contributed by atoms with Gasteiger partial charge in [0.1, 0.15) is 17.2 Å². The fourth-order valence-corrected chi connectivity index (χ4v) is 6.87. The normalized spacial score (nSPS) is 29.8. The Hall–Kier alpha value is -3.01. The van der Waals surface area contributed by atoms with Crippen molar-refractivity contribution in [3.8, 4) is 5.75 Å². The lowest BCUT2D eigenvalue weighted by Crippen LogP contribution is -2.52. The zero-order chi connectivity index (χ0) is 26.2. The second kappa shape index (κ2) is 10.6. The number of fused-ring (bicyclic) bond motifs is 2. The number of nitrogens with one attached hydrogen (secondary N) is 3. The average molecular weight is 521 g/mol. The number of rotatable bonds is 6. The van der Waals surface area contributed by atoms with Crippen molar-refractivity contribution in [3.05, 3.63) is 65.9 Å². The molecular formula is C29H37FN6O2. The summed E-state index contributed by atoms with van der Waals surface area (Å²) in [6, 6.07) is 9.71. The van der Waals surface area contributed by atoms with Gasteiger partial charge in [-0.05, 0) is 61.3 Å². The number of benzene rings is 1. The molecule has 1 aliphatic carbocycles. The lowest BCUT2D eigenvalue weighted by atomic mass is 9.74. The minimum atomic E-state index is -0.250. The number of amides is 1. The molecule has 6 atom stereocenters. The maximum absolute atomic E-state index is 14.6. The standard InChI is InChI=1S/C29H37FN6O2/c1-18-12-21(16-35(14-18)17-23-24(30)4-3-5-26(23)38-2)32-29(37)19-6-8-25-22(13-19)28(34-33-25)20-7-9-27-31-10-11-36(27)15-20/h3-5,7,9-11,15,18-19,21-22,25,28,33-34H,6,8,12-14,16-17H2,1-2H3,(H,32,37)/t18-,19?,21+,22?,25?,28?/m0/s1. The summed E-state index contributed by atoms with van der Waals surface area (Å²) >= 11 is 0. The van der Waals surface area contributed by atoms with Crippen LogP contribution in [0.2, 0.25) is 0 Å². The van der Waals surface area contributed by atoms with E-state index in [0.29, 0.717) is 42.3 Å². The monoisotopic (exact) mass is 520 g/mol. The first-order chi connectivity index (χ1) is 18.5. The molecule has 8 nitrogen and oxygen atoms in total. The first kappa shape index (κ1) is 25.3. The van der Waals surface area contributed by atoms with Gasteiger partial charge in [0.05, 0.1) is 13.2 Å². The molecule has 2 aliphatic heterocycles. The fraction of sp³-hybridized carbons (Fsp3) is 0.517. The van der Waals surface area contributed by atoms with E-state index in [4.69, 9.17) is 4.74 Å². The minimum absolute atomic E-state index is 0.00484. The summed E-state index contributed by atoms with van der Waals surface area (Å²) in [5.74, 6) is 1.22. The number of aromatic nitrogens is 2. The SMILES string of the molecule is COc1cccc(F)c1CN1C[C@@H](C)C[C@@H](NC(=O)C2CCC3NNC(c4ccc5nccn5c4)C3C2)C1. The van der Waals surface area contributed by atoms with E-state index in [1.807, 2.05) is 22.9 Å². The van der Waals surface area contributed by atoms with Crippen LogP contribution in [0, 0.1) is 23.6 Å². The summed E-state index contributed by atoms with van der Waals surface area (Å²) in [5.41, 5.74) is 9.70.